The van der Waals surface area contributed by atoms with Crippen molar-refractivity contribution in [3.05, 3.63) is 54.1 Å². The molecule has 5 rings (SSSR count). The largest absolute Gasteiger partial charge is 0.481 e. The molecule has 0 N–H and O–H groups in total. The zero-order valence-corrected chi connectivity index (χ0v) is 15.9. The molecule has 144 valence electrons. The molecular weight excluding hydrogens is 354 g/mol. The van der Waals surface area contributed by atoms with Crippen LogP contribution in [0.3, 0.4) is 0 Å². The molecule has 3 aromatic heterocycles. The Morgan fingerprint density at radius 2 is 1.89 bits per heavy atom. The second-order valence-electron chi connectivity index (χ2n) is 7.46. The molecule has 0 aromatic carbocycles. The highest BCUT2D eigenvalue weighted by Gasteiger charge is 2.26. The van der Waals surface area contributed by atoms with Gasteiger partial charge in [0.15, 0.2) is 0 Å². The van der Waals surface area contributed by atoms with Gasteiger partial charge in [-0.2, -0.15) is 0 Å². The molecular formula is C21H23N5O2. The number of nitrogens with zero attached hydrogens (tertiary/aromatic N) is 5. The molecule has 0 radical (unpaired) electrons. The second-order valence-corrected chi connectivity index (χ2v) is 7.46. The van der Waals surface area contributed by atoms with Gasteiger partial charge in [-0.15, -0.1) is 0 Å². The van der Waals surface area contributed by atoms with Crippen molar-refractivity contribution in [1.82, 2.24) is 19.3 Å². The fourth-order valence-corrected chi connectivity index (χ4v) is 3.74. The van der Waals surface area contributed by atoms with Gasteiger partial charge in [0, 0.05) is 56.8 Å². The van der Waals surface area contributed by atoms with E-state index in [0.29, 0.717) is 30.5 Å². The molecule has 1 saturated carbocycles. The van der Waals surface area contributed by atoms with Crippen molar-refractivity contribution in [3.63, 3.8) is 0 Å². The van der Waals surface area contributed by atoms with Crippen molar-refractivity contribution in [2.75, 3.05) is 38.2 Å². The van der Waals surface area contributed by atoms with E-state index in [2.05, 4.69) is 38.8 Å². The molecule has 1 aliphatic carbocycles. The molecule has 0 atom stereocenters. The number of methoxy groups -OCH3 is 1. The fourth-order valence-electron chi connectivity index (χ4n) is 3.74. The van der Waals surface area contributed by atoms with Crippen LogP contribution in [0.5, 0.6) is 5.88 Å². The molecule has 1 aliphatic heterocycles. The van der Waals surface area contributed by atoms with E-state index in [1.54, 1.807) is 25.4 Å². The van der Waals surface area contributed by atoms with Crippen LogP contribution in [0.1, 0.15) is 34.8 Å². The van der Waals surface area contributed by atoms with E-state index in [9.17, 15) is 4.79 Å². The monoisotopic (exact) mass is 377 g/mol. The quantitative estimate of drug-likeness (QED) is 0.699. The second kappa shape index (κ2) is 6.82. The molecule has 7 nitrogen and oxygen atoms in total. The van der Waals surface area contributed by atoms with Crippen molar-refractivity contribution in [2.24, 2.45) is 0 Å². The third kappa shape index (κ3) is 3.17. The van der Waals surface area contributed by atoms with Crippen LogP contribution in [0.15, 0.2) is 42.9 Å². The first-order chi connectivity index (χ1) is 13.7. The lowest BCUT2D eigenvalue weighted by Gasteiger charge is -2.36. The van der Waals surface area contributed by atoms with Crippen molar-refractivity contribution >= 4 is 17.2 Å². The zero-order valence-electron chi connectivity index (χ0n) is 15.9. The summed E-state index contributed by atoms with van der Waals surface area (Å²) in [5, 5.41) is 0. The molecule has 4 heterocycles. The molecule has 0 spiro atoms. The third-order valence-electron chi connectivity index (χ3n) is 5.57. The van der Waals surface area contributed by atoms with Crippen LogP contribution < -0.4 is 9.64 Å². The van der Waals surface area contributed by atoms with E-state index >= 15 is 0 Å². The molecule has 7 heteroatoms. The first-order valence-corrected chi connectivity index (χ1v) is 9.74. The topological polar surface area (TPSA) is 63.0 Å². The van der Waals surface area contributed by atoms with Gasteiger partial charge in [-0.1, -0.05) is 0 Å². The Hall–Kier alpha value is -3.09. The Bertz CT molecular complexity index is 1000. The van der Waals surface area contributed by atoms with Gasteiger partial charge < -0.3 is 18.9 Å². The first kappa shape index (κ1) is 17.0. The Balaban J connectivity index is 1.26. The number of carbonyl (C=O) groups excluding carboxylic acids is 1. The van der Waals surface area contributed by atoms with Crippen LogP contribution in [0.4, 0.5) is 5.69 Å². The Kier molecular flexibility index (Phi) is 4.15. The summed E-state index contributed by atoms with van der Waals surface area (Å²) in [5.41, 5.74) is 3.99. The van der Waals surface area contributed by atoms with E-state index in [4.69, 9.17) is 9.72 Å². The molecule has 1 amide bonds. The normalized spacial score (nSPS) is 17.2. The zero-order chi connectivity index (χ0) is 19.1. The number of fused-ring (bicyclic) bond motifs is 1. The maximum atomic E-state index is 12.7. The molecule has 3 aromatic rings. The smallest absolute Gasteiger partial charge is 0.255 e. The number of imidazole rings is 1. The number of amides is 1. The summed E-state index contributed by atoms with van der Waals surface area (Å²) < 4.78 is 7.19. The maximum Gasteiger partial charge on any atom is 0.255 e. The highest BCUT2D eigenvalue weighted by atomic mass is 16.5. The molecule has 0 unspecified atom stereocenters. The molecule has 0 bridgehead atoms. The Labute approximate surface area is 163 Å². The predicted molar refractivity (Wildman–Crippen MR) is 106 cm³/mol. The highest BCUT2D eigenvalue weighted by Crippen LogP contribution is 2.39. The van der Waals surface area contributed by atoms with E-state index < -0.39 is 0 Å². The third-order valence-corrected chi connectivity index (χ3v) is 5.57. The average molecular weight is 377 g/mol. The van der Waals surface area contributed by atoms with Crippen LogP contribution in [0.2, 0.25) is 0 Å². The summed E-state index contributed by atoms with van der Waals surface area (Å²) >= 11 is 0. The van der Waals surface area contributed by atoms with Gasteiger partial charge in [0.2, 0.25) is 5.88 Å². The average Bonchev–Trinajstić information content (AvgIpc) is 3.52. The summed E-state index contributed by atoms with van der Waals surface area (Å²) in [4.78, 5) is 25.8. The maximum absolute atomic E-state index is 12.7. The summed E-state index contributed by atoms with van der Waals surface area (Å²) in [6, 6.07) is 7.70. The molecule has 1 saturated heterocycles. The predicted octanol–water partition coefficient (Wildman–Crippen LogP) is 2.58. The highest BCUT2D eigenvalue weighted by molar-refractivity contribution is 5.94. The van der Waals surface area contributed by atoms with Crippen LogP contribution in [-0.4, -0.2) is 58.5 Å². The van der Waals surface area contributed by atoms with Crippen molar-refractivity contribution in [1.29, 1.82) is 0 Å². The van der Waals surface area contributed by atoms with Gasteiger partial charge in [0.1, 0.15) is 5.65 Å². The lowest BCUT2D eigenvalue weighted by molar-refractivity contribution is 0.0746. The summed E-state index contributed by atoms with van der Waals surface area (Å²) in [6.45, 7) is 3.01. The first-order valence-electron chi connectivity index (χ1n) is 9.74. The number of rotatable bonds is 4. The van der Waals surface area contributed by atoms with E-state index in [0.717, 1.165) is 18.7 Å². The molecule has 28 heavy (non-hydrogen) atoms. The summed E-state index contributed by atoms with van der Waals surface area (Å²) in [6.07, 6.45) is 8.41. The van der Waals surface area contributed by atoms with Crippen LogP contribution in [0, 0.1) is 0 Å². The van der Waals surface area contributed by atoms with E-state index in [1.807, 2.05) is 4.90 Å². The van der Waals surface area contributed by atoms with Gasteiger partial charge in [-0.05, 0) is 31.0 Å². The van der Waals surface area contributed by atoms with Gasteiger partial charge in [0.25, 0.3) is 5.91 Å². The SMILES string of the molecule is COc1ccc(C(=O)N2CCN(c3ccc4nc(C5CC5)cn4c3)CC2)cn1. The number of pyridine rings is 2. The van der Waals surface area contributed by atoms with Crippen LogP contribution >= 0.6 is 0 Å². The van der Waals surface area contributed by atoms with E-state index in [-0.39, 0.29) is 5.91 Å². The Morgan fingerprint density at radius 3 is 2.57 bits per heavy atom. The minimum Gasteiger partial charge on any atom is -0.481 e. The van der Waals surface area contributed by atoms with Gasteiger partial charge in [-0.25, -0.2) is 9.97 Å². The number of hydrogen-bond donors (Lipinski definition) is 0. The van der Waals surface area contributed by atoms with Crippen LogP contribution in [-0.2, 0) is 0 Å². The fraction of sp³-hybridized carbons (Fsp3) is 0.381. The molecule has 2 aliphatic rings. The van der Waals surface area contributed by atoms with Gasteiger partial charge in [-0.3, -0.25) is 4.79 Å². The van der Waals surface area contributed by atoms with Crippen LogP contribution in [0.25, 0.3) is 5.65 Å². The number of aromatic nitrogens is 3. The van der Waals surface area contributed by atoms with Gasteiger partial charge in [0.05, 0.1) is 24.1 Å². The summed E-state index contributed by atoms with van der Waals surface area (Å²) in [7, 11) is 1.57. The number of anilines is 1. The van der Waals surface area contributed by atoms with Crippen molar-refractivity contribution < 1.29 is 9.53 Å². The van der Waals surface area contributed by atoms with Crippen molar-refractivity contribution in [3.8, 4) is 5.88 Å². The minimum absolute atomic E-state index is 0.0222. The minimum atomic E-state index is 0.0222. The lowest BCUT2D eigenvalue weighted by atomic mass is 10.2. The van der Waals surface area contributed by atoms with Crippen molar-refractivity contribution in [2.45, 2.75) is 18.8 Å². The standard InChI is InChI=1S/C21H23N5O2/c1-28-20-7-4-16(12-22-20)21(27)25-10-8-24(9-11-25)17-5-6-19-23-18(15-2-3-15)14-26(19)13-17/h4-7,12-15H,2-3,8-11H2,1H3. The number of ether oxygens (including phenoxy) is 1. The molecule has 2 fully saturated rings. The number of hydrogen-bond acceptors (Lipinski definition) is 5. The number of carbonyl (C=O) groups is 1. The Morgan fingerprint density at radius 1 is 1.07 bits per heavy atom. The van der Waals surface area contributed by atoms with Gasteiger partial charge >= 0.3 is 0 Å². The number of piperazine rings is 1. The van der Waals surface area contributed by atoms with E-state index in [1.165, 1.54) is 24.2 Å². The lowest BCUT2D eigenvalue weighted by Crippen LogP contribution is -2.48. The summed E-state index contributed by atoms with van der Waals surface area (Å²) in [5.74, 6) is 1.19.